The molecule has 5 atom stereocenters. The van der Waals surface area contributed by atoms with Crippen LogP contribution in [0.3, 0.4) is 0 Å². The van der Waals surface area contributed by atoms with Gasteiger partial charge < -0.3 is 29.9 Å². The third-order valence-electron chi connectivity index (χ3n) is 2.27. The highest BCUT2D eigenvalue weighted by Gasteiger charge is 2.65. The molecule has 6 heteroatoms. The molecular formula is C6H10O6. The number of hydrogen-bond acceptors (Lipinski definition) is 6. The molecule has 0 saturated carbocycles. The van der Waals surface area contributed by atoms with E-state index in [9.17, 15) is 5.11 Å². The van der Waals surface area contributed by atoms with Crippen LogP contribution in [-0.2, 0) is 9.47 Å². The summed E-state index contributed by atoms with van der Waals surface area (Å²) < 4.78 is 9.57. The van der Waals surface area contributed by atoms with Crippen LogP contribution in [-0.4, -0.2) is 57.4 Å². The fraction of sp³-hybridized carbons (Fsp3) is 1.00. The van der Waals surface area contributed by atoms with Gasteiger partial charge in [-0.1, -0.05) is 0 Å². The molecule has 0 aliphatic carbocycles. The molecule has 3 rings (SSSR count). The van der Waals surface area contributed by atoms with Gasteiger partial charge in [-0.05, 0) is 0 Å². The number of aliphatic hydroxyl groups is 4. The number of fused-ring (bicyclic) bond motifs is 2. The minimum absolute atomic E-state index is 0.547. The zero-order chi connectivity index (χ0) is 8.93. The van der Waals surface area contributed by atoms with Crippen molar-refractivity contribution in [3.05, 3.63) is 0 Å². The zero-order valence-electron chi connectivity index (χ0n) is 6.12. The Kier molecular flexibility index (Phi) is 1.66. The van der Waals surface area contributed by atoms with E-state index >= 15 is 0 Å². The van der Waals surface area contributed by atoms with Crippen molar-refractivity contribution >= 4 is 0 Å². The maximum Gasteiger partial charge on any atom is 0.224 e. The van der Waals surface area contributed by atoms with Gasteiger partial charge in [-0.2, -0.15) is 0 Å². The highest BCUT2D eigenvalue weighted by atomic mass is 16.8. The Hall–Kier alpha value is -0.240. The minimum atomic E-state index is -1.52. The summed E-state index contributed by atoms with van der Waals surface area (Å²) in [6.07, 6.45) is -4.60. The Labute approximate surface area is 68.0 Å². The molecule has 2 bridgehead atoms. The summed E-state index contributed by atoms with van der Waals surface area (Å²) in [5.74, 6) is -1.52. The van der Waals surface area contributed by atoms with E-state index in [-0.39, 0.29) is 0 Å². The van der Waals surface area contributed by atoms with Gasteiger partial charge in [-0.3, -0.25) is 0 Å². The Morgan fingerprint density at radius 2 is 1.83 bits per heavy atom. The summed E-state index contributed by atoms with van der Waals surface area (Å²) in [5, 5.41) is 36.2. The lowest BCUT2D eigenvalue weighted by molar-refractivity contribution is -0.496. The molecule has 3 aliphatic heterocycles. The number of aliphatic hydroxyl groups excluding tert-OH is 4. The van der Waals surface area contributed by atoms with Crippen LogP contribution in [0.15, 0.2) is 0 Å². The molecule has 12 heavy (non-hydrogen) atoms. The summed E-state index contributed by atoms with van der Waals surface area (Å²) >= 11 is 0. The van der Waals surface area contributed by atoms with Gasteiger partial charge in [0, 0.05) is 0 Å². The van der Waals surface area contributed by atoms with E-state index < -0.39 is 37.0 Å². The van der Waals surface area contributed by atoms with Crippen LogP contribution in [0.4, 0.5) is 0 Å². The number of hydrogen-bond donors (Lipinski definition) is 4. The molecule has 3 saturated heterocycles. The lowest BCUT2D eigenvalue weighted by Gasteiger charge is -2.57. The molecule has 0 aromatic rings. The molecule has 6 nitrogen and oxygen atoms in total. The van der Waals surface area contributed by atoms with Crippen LogP contribution in [0.2, 0.25) is 0 Å². The van der Waals surface area contributed by atoms with E-state index in [1.54, 1.807) is 0 Å². The molecule has 2 unspecified atom stereocenters. The van der Waals surface area contributed by atoms with Crippen LogP contribution in [0.5, 0.6) is 0 Å². The van der Waals surface area contributed by atoms with E-state index in [0.717, 1.165) is 0 Å². The van der Waals surface area contributed by atoms with Gasteiger partial charge in [0.05, 0.1) is 0 Å². The summed E-state index contributed by atoms with van der Waals surface area (Å²) in [6.45, 7) is -0.547. The van der Waals surface area contributed by atoms with E-state index in [4.69, 9.17) is 24.8 Å². The van der Waals surface area contributed by atoms with Crippen LogP contribution in [0.25, 0.3) is 0 Å². The second-order valence-electron chi connectivity index (χ2n) is 3.00. The molecule has 3 heterocycles. The predicted molar refractivity (Wildman–Crippen MR) is 33.8 cm³/mol. The Balaban J connectivity index is 2.15. The van der Waals surface area contributed by atoms with E-state index in [0.29, 0.717) is 0 Å². The SMILES string of the molecule is OCC12OC([C@H](O)[C@H](O)O1)[C@@H]2O. The summed E-state index contributed by atoms with van der Waals surface area (Å²) in [7, 11) is 0. The molecule has 70 valence electrons. The zero-order valence-corrected chi connectivity index (χ0v) is 6.12. The van der Waals surface area contributed by atoms with Crippen molar-refractivity contribution in [3.63, 3.8) is 0 Å². The van der Waals surface area contributed by atoms with Gasteiger partial charge in [-0.15, -0.1) is 0 Å². The van der Waals surface area contributed by atoms with Crippen LogP contribution in [0, 0.1) is 0 Å². The molecule has 3 aliphatic rings. The second kappa shape index (κ2) is 2.38. The first-order valence-corrected chi connectivity index (χ1v) is 3.61. The predicted octanol–water partition coefficient (Wildman–Crippen LogP) is -2.86. The average Bonchev–Trinajstić information content (AvgIpc) is 2.07. The standard InChI is InChI=1S/C6H10O6/c7-1-6-4(9)3(11-6)2(8)5(10)12-6/h2-5,7-10H,1H2/t2-,3?,4-,5+,6?/m0/s1. The lowest BCUT2D eigenvalue weighted by atomic mass is 9.89. The topological polar surface area (TPSA) is 99.4 Å². The third-order valence-corrected chi connectivity index (χ3v) is 2.27. The first-order chi connectivity index (χ1) is 5.60. The van der Waals surface area contributed by atoms with Crippen molar-refractivity contribution < 1.29 is 29.9 Å². The van der Waals surface area contributed by atoms with Gasteiger partial charge in [0.25, 0.3) is 0 Å². The van der Waals surface area contributed by atoms with Crippen molar-refractivity contribution in [3.8, 4) is 0 Å². The minimum Gasteiger partial charge on any atom is -0.391 e. The van der Waals surface area contributed by atoms with Crippen LogP contribution >= 0.6 is 0 Å². The van der Waals surface area contributed by atoms with Crippen molar-refractivity contribution in [1.82, 2.24) is 0 Å². The van der Waals surface area contributed by atoms with Crippen molar-refractivity contribution in [2.75, 3.05) is 6.61 Å². The van der Waals surface area contributed by atoms with Crippen molar-refractivity contribution in [2.24, 2.45) is 0 Å². The van der Waals surface area contributed by atoms with Crippen LogP contribution < -0.4 is 0 Å². The normalized spacial score (nSPS) is 58.0. The molecule has 3 fully saturated rings. The molecule has 4 N–H and O–H groups in total. The molecule has 0 radical (unpaired) electrons. The molecule has 0 spiro atoms. The largest absolute Gasteiger partial charge is 0.391 e. The maximum atomic E-state index is 9.29. The molecular weight excluding hydrogens is 168 g/mol. The molecule has 0 aromatic heterocycles. The monoisotopic (exact) mass is 178 g/mol. The van der Waals surface area contributed by atoms with Gasteiger partial charge in [0.1, 0.15) is 24.9 Å². The summed E-state index contributed by atoms with van der Waals surface area (Å²) in [4.78, 5) is 0. The average molecular weight is 178 g/mol. The molecule has 0 aromatic carbocycles. The number of ether oxygens (including phenoxy) is 2. The van der Waals surface area contributed by atoms with Gasteiger partial charge in [0.2, 0.25) is 5.79 Å². The number of rotatable bonds is 1. The Morgan fingerprint density at radius 3 is 2.33 bits per heavy atom. The van der Waals surface area contributed by atoms with Crippen molar-refractivity contribution in [1.29, 1.82) is 0 Å². The van der Waals surface area contributed by atoms with E-state index in [2.05, 4.69) is 0 Å². The third kappa shape index (κ3) is 0.792. The highest BCUT2D eigenvalue weighted by Crippen LogP contribution is 2.42. The Bertz CT molecular complexity index is 196. The first-order valence-electron chi connectivity index (χ1n) is 3.61. The molecule has 0 amide bonds. The Morgan fingerprint density at radius 1 is 1.17 bits per heavy atom. The van der Waals surface area contributed by atoms with E-state index in [1.807, 2.05) is 0 Å². The highest BCUT2D eigenvalue weighted by molar-refractivity contribution is 5.04. The summed E-state index contributed by atoms with van der Waals surface area (Å²) in [5.41, 5.74) is 0. The smallest absolute Gasteiger partial charge is 0.224 e. The maximum absolute atomic E-state index is 9.29. The van der Waals surface area contributed by atoms with E-state index in [1.165, 1.54) is 0 Å². The van der Waals surface area contributed by atoms with Crippen molar-refractivity contribution in [2.45, 2.75) is 30.4 Å². The quantitative estimate of drug-likeness (QED) is 0.345. The fourth-order valence-electron chi connectivity index (χ4n) is 1.50. The van der Waals surface area contributed by atoms with Gasteiger partial charge in [0.15, 0.2) is 6.29 Å². The second-order valence-corrected chi connectivity index (χ2v) is 3.00. The van der Waals surface area contributed by atoms with Gasteiger partial charge in [-0.25, -0.2) is 0 Å². The summed E-state index contributed by atoms with van der Waals surface area (Å²) in [6, 6.07) is 0. The van der Waals surface area contributed by atoms with Gasteiger partial charge >= 0.3 is 0 Å². The first kappa shape index (κ1) is 8.36. The van der Waals surface area contributed by atoms with Crippen LogP contribution in [0.1, 0.15) is 0 Å². The lowest BCUT2D eigenvalue weighted by Crippen LogP contribution is -2.78. The fourth-order valence-corrected chi connectivity index (χ4v) is 1.50.